The number of hydrogen-bond acceptors (Lipinski definition) is 2. The van der Waals surface area contributed by atoms with Crippen LogP contribution in [0.3, 0.4) is 0 Å². The molecule has 0 saturated heterocycles. The lowest BCUT2D eigenvalue weighted by atomic mass is 10.0. The van der Waals surface area contributed by atoms with Crippen molar-refractivity contribution in [1.82, 2.24) is 0 Å². The maximum atomic E-state index is 5.65. The van der Waals surface area contributed by atoms with Crippen molar-refractivity contribution in [3.8, 4) is 5.75 Å². The molecular formula is C14H15NO. The van der Waals surface area contributed by atoms with E-state index in [2.05, 4.69) is 6.07 Å². The molecule has 0 fully saturated rings. The van der Waals surface area contributed by atoms with E-state index in [0.717, 1.165) is 17.9 Å². The molecule has 0 aliphatic carbocycles. The van der Waals surface area contributed by atoms with Crippen LogP contribution in [0.15, 0.2) is 48.5 Å². The van der Waals surface area contributed by atoms with E-state index < -0.39 is 0 Å². The summed E-state index contributed by atoms with van der Waals surface area (Å²) in [5.74, 6) is 0.930. The highest BCUT2D eigenvalue weighted by atomic mass is 16.5. The Morgan fingerprint density at radius 1 is 1.00 bits per heavy atom. The van der Waals surface area contributed by atoms with E-state index in [9.17, 15) is 0 Å². The first-order valence-electron chi connectivity index (χ1n) is 5.26. The van der Waals surface area contributed by atoms with Gasteiger partial charge >= 0.3 is 0 Å². The number of anilines is 1. The van der Waals surface area contributed by atoms with Gasteiger partial charge in [0, 0.05) is 12.1 Å². The van der Waals surface area contributed by atoms with Crippen LogP contribution < -0.4 is 10.5 Å². The zero-order chi connectivity index (χ0) is 11.4. The molecule has 0 aliphatic heterocycles. The number of nitrogen functional groups attached to an aromatic ring is 1. The summed E-state index contributed by atoms with van der Waals surface area (Å²) in [4.78, 5) is 0. The molecule has 0 radical (unpaired) electrons. The van der Waals surface area contributed by atoms with Gasteiger partial charge in [0.15, 0.2) is 0 Å². The summed E-state index contributed by atoms with van der Waals surface area (Å²) in [6, 6.07) is 16.0. The van der Waals surface area contributed by atoms with Crippen LogP contribution in [-0.4, -0.2) is 7.11 Å². The summed E-state index contributed by atoms with van der Waals surface area (Å²) in [6.45, 7) is 0. The van der Waals surface area contributed by atoms with Gasteiger partial charge in [-0.15, -0.1) is 0 Å². The van der Waals surface area contributed by atoms with E-state index >= 15 is 0 Å². The zero-order valence-electron chi connectivity index (χ0n) is 9.31. The molecule has 0 aliphatic rings. The van der Waals surface area contributed by atoms with Crippen LogP contribution in [0.2, 0.25) is 0 Å². The van der Waals surface area contributed by atoms with E-state index in [4.69, 9.17) is 10.5 Å². The van der Waals surface area contributed by atoms with Gasteiger partial charge in [-0.1, -0.05) is 30.3 Å². The Labute approximate surface area is 95.7 Å². The lowest BCUT2D eigenvalue weighted by molar-refractivity contribution is 0.410. The molecule has 2 heteroatoms. The average Bonchev–Trinajstić information content (AvgIpc) is 2.33. The molecule has 2 aromatic carbocycles. The predicted octanol–water partition coefficient (Wildman–Crippen LogP) is 2.87. The van der Waals surface area contributed by atoms with Crippen molar-refractivity contribution in [2.45, 2.75) is 6.42 Å². The van der Waals surface area contributed by atoms with E-state index in [1.807, 2.05) is 42.5 Å². The van der Waals surface area contributed by atoms with E-state index in [-0.39, 0.29) is 0 Å². The van der Waals surface area contributed by atoms with Crippen LogP contribution in [0.5, 0.6) is 5.75 Å². The molecule has 2 nitrogen and oxygen atoms in total. The Balaban J connectivity index is 2.23. The van der Waals surface area contributed by atoms with Gasteiger partial charge in [0.05, 0.1) is 7.11 Å². The lowest BCUT2D eigenvalue weighted by Gasteiger charge is -2.08. The maximum Gasteiger partial charge on any atom is 0.122 e. The summed E-state index contributed by atoms with van der Waals surface area (Å²) < 4.78 is 5.32. The molecular weight excluding hydrogens is 198 g/mol. The van der Waals surface area contributed by atoms with Crippen molar-refractivity contribution in [3.05, 3.63) is 59.7 Å². The SMILES string of the molecule is COc1ccccc1Cc1ccc(N)cc1. The highest BCUT2D eigenvalue weighted by Crippen LogP contribution is 2.21. The zero-order valence-corrected chi connectivity index (χ0v) is 9.31. The minimum atomic E-state index is 0.795. The van der Waals surface area contributed by atoms with Gasteiger partial charge in [-0.3, -0.25) is 0 Å². The fourth-order valence-corrected chi connectivity index (χ4v) is 1.70. The Hall–Kier alpha value is -1.96. The predicted molar refractivity (Wildman–Crippen MR) is 66.7 cm³/mol. The Morgan fingerprint density at radius 3 is 2.38 bits per heavy atom. The van der Waals surface area contributed by atoms with Crippen LogP contribution in [0, 0.1) is 0 Å². The molecule has 0 unspecified atom stereocenters. The summed E-state index contributed by atoms with van der Waals surface area (Å²) in [6.07, 6.45) is 0.865. The topological polar surface area (TPSA) is 35.2 Å². The molecule has 0 heterocycles. The summed E-state index contributed by atoms with van der Waals surface area (Å²) in [5.41, 5.74) is 8.87. The van der Waals surface area contributed by atoms with Gasteiger partial charge in [0.25, 0.3) is 0 Å². The number of methoxy groups -OCH3 is 1. The lowest BCUT2D eigenvalue weighted by Crippen LogP contribution is -1.93. The largest absolute Gasteiger partial charge is 0.496 e. The molecule has 2 aromatic rings. The first kappa shape index (κ1) is 10.6. The number of hydrogen-bond donors (Lipinski definition) is 1. The van der Waals surface area contributed by atoms with Gasteiger partial charge in [0.2, 0.25) is 0 Å². The summed E-state index contributed by atoms with van der Waals surface area (Å²) in [7, 11) is 1.70. The third-order valence-electron chi connectivity index (χ3n) is 2.57. The number of nitrogens with two attached hydrogens (primary N) is 1. The van der Waals surface area contributed by atoms with Crippen molar-refractivity contribution in [2.24, 2.45) is 0 Å². The van der Waals surface area contributed by atoms with Crippen molar-refractivity contribution < 1.29 is 4.74 Å². The molecule has 0 atom stereocenters. The third kappa shape index (κ3) is 2.34. The fourth-order valence-electron chi connectivity index (χ4n) is 1.70. The second kappa shape index (κ2) is 4.71. The van der Waals surface area contributed by atoms with Crippen LogP contribution in [0.4, 0.5) is 5.69 Å². The third-order valence-corrected chi connectivity index (χ3v) is 2.57. The number of ether oxygens (including phenoxy) is 1. The monoisotopic (exact) mass is 213 g/mol. The maximum absolute atomic E-state index is 5.65. The van der Waals surface area contributed by atoms with Gasteiger partial charge in [-0.2, -0.15) is 0 Å². The second-order valence-electron chi connectivity index (χ2n) is 3.73. The Kier molecular flexibility index (Phi) is 3.10. The fraction of sp³-hybridized carbons (Fsp3) is 0.143. The van der Waals surface area contributed by atoms with Crippen molar-refractivity contribution in [2.75, 3.05) is 12.8 Å². The van der Waals surface area contributed by atoms with E-state index in [0.29, 0.717) is 0 Å². The quantitative estimate of drug-likeness (QED) is 0.796. The Bertz CT molecular complexity index is 462. The molecule has 2 rings (SSSR count). The molecule has 0 spiro atoms. The Morgan fingerprint density at radius 2 is 1.69 bits per heavy atom. The molecule has 0 saturated carbocycles. The van der Waals surface area contributed by atoms with E-state index in [1.165, 1.54) is 11.1 Å². The first-order chi connectivity index (χ1) is 7.79. The van der Waals surface area contributed by atoms with Crippen molar-refractivity contribution in [3.63, 3.8) is 0 Å². The first-order valence-corrected chi connectivity index (χ1v) is 5.26. The van der Waals surface area contributed by atoms with Crippen molar-refractivity contribution >= 4 is 5.69 Å². The number of rotatable bonds is 3. The average molecular weight is 213 g/mol. The number of benzene rings is 2. The molecule has 2 N–H and O–H groups in total. The summed E-state index contributed by atoms with van der Waals surface area (Å²) in [5, 5.41) is 0. The smallest absolute Gasteiger partial charge is 0.122 e. The minimum Gasteiger partial charge on any atom is -0.496 e. The van der Waals surface area contributed by atoms with Gasteiger partial charge < -0.3 is 10.5 Å². The molecule has 16 heavy (non-hydrogen) atoms. The number of para-hydroxylation sites is 1. The highest BCUT2D eigenvalue weighted by molar-refractivity contribution is 5.42. The van der Waals surface area contributed by atoms with Gasteiger partial charge in [-0.25, -0.2) is 0 Å². The van der Waals surface area contributed by atoms with Crippen LogP contribution in [0.1, 0.15) is 11.1 Å². The second-order valence-corrected chi connectivity index (χ2v) is 3.73. The van der Waals surface area contributed by atoms with Crippen LogP contribution in [-0.2, 0) is 6.42 Å². The van der Waals surface area contributed by atoms with Crippen LogP contribution >= 0.6 is 0 Å². The molecule has 0 bridgehead atoms. The summed E-state index contributed by atoms with van der Waals surface area (Å²) >= 11 is 0. The molecule has 0 aromatic heterocycles. The van der Waals surface area contributed by atoms with E-state index in [1.54, 1.807) is 7.11 Å². The van der Waals surface area contributed by atoms with Crippen molar-refractivity contribution in [1.29, 1.82) is 0 Å². The van der Waals surface area contributed by atoms with Gasteiger partial charge in [-0.05, 0) is 29.3 Å². The van der Waals surface area contributed by atoms with Crippen LogP contribution in [0.25, 0.3) is 0 Å². The molecule has 82 valence electrons. The normalized spacial score (nSPS) is 10.1. The molecule has 0 amide bonds. The minimum absolute atomic E-state index is 0.795. The highest BCUT2D eigenvalue weighted by Gasteiger charge is 2.02. The standard InChI is InChI=1S/C14H15NO/c1-16-14-5-3-2-4-12(14)10-11-6-8-13(15)9-7-11/h2-9H,10,15H2,1H3. The van der Waals surface area contributed by atoms with Gasteiger partial charge in [0.1, 0.15) is 5.75 Å².